The monoisotopic (exact) mass is 422 g/mol. The fourth-order valence-electron chi connectivity index (χ4n) is 4.62. The number of aryl methyl sites for hydroxylation is 1. The number of carbonyl (C=O) groups is 2. The molecule has 1 saturated heterocycles. The molecule has 0 N–H and O–H groups in total. The zero-order valence-corrected chi connectivity index (χ0v) is 18.2. The van der Waals surface area contributed by atoms with Gasteiger partial charge in [-0.2, -0.15) is 5.10 Å². The van der Waals surface area contributed by atoms with Crippen molar-refractivity contribution in [2.75, 3.05) is 26.7 Å². The normalized spacial score (nSPS) is 20.1. The van der Waals surface area contributed by atoms with Crippen molar-refractivity contribution in [2.24, 2.45) is 18.9 Å². The van der Waals surface area contributed by atoms with E-state index in [0.717, 1.165) is 30.6 Å². The maximum atomic E-state index is 13.4. The van der Waals surface area contributed by atoms with E-state index in [1.807, 2.05) is 41.1 Å². The Hall–Kier alpha value is -3.09. The number of benzene rings is 1. The average molecular weight is 423 g/mol. The first-order valence-electron chi connectivity index (χ1n) is 10.9. The van der Waals surface area contributed by atoms with Crippen molar-refractivity contribution in [1.82, 2.24) is 19.6 Å². The molecule has 4 rings (SSSR count). The van der Waals surface area contributed by atoms with Crippen LogP contribution >= 0.6 is 0 Å². The van der Waals surface area contributed by atoms with E-state index in [0.29, 0.717) is 37.7 Å². The lowest BCUT2D eigenvalue weighted by molar-refractivity contribution is -0.137. The van der Waals surface area contributed by atoms with Crippen LogP contribution in [0.25, 0.3) is 0 Å². The van der Waals surface area contributed by atoms with Crippen LogP contribution in [0.1, 0.15) is 35.2 Å². The number of nitrogens with zero attached hydrogens (tertiary/aromatic N) is 4. The van der Waals surface area contributed by atoms with Crippen LogP contribution in [0.4, 0.5) is 0 Å². The van der Waals surface area contributed by atoms with Crippen LogP contribution in [-0.2, 0) is 18.4 Å². The Balaban J connectivity index is 1.39. The number of allylic oxidation sites excluding steroid dienone is 1. The van der Waals surface area contributed by atoms with E-state index in [2.05, 4.69) is 17.3 Å². The van der Waals surface area contributed by atoms with Gasteiger partial charge in [-0.05, 0) is 42.9 Å². The van der Waals surface area contributed by atoms with Crippen molar-refractivity contribution >= 4 is 11.8 Å². The molecule has 7 heteroatoms. The molecule has 1 atom stereocenters. The van der Waals surface area contributed by atoms with Gasteiger partial charge < -0.3 is 14.5 Å². The predicted octanol–water partition coefficient (Wildman–Crippen LogP) is 2.89. The number of hydrogen-bond donors (Lipinski definition) is 0. The molecule has 7 nitrogen and oxygen atoms in total. The summed E-state index contributed by atoms with van der Waals surface area (Å²) in [6.45, 7) is 2.57. The summed E-state index contributed by atoms with van der Waals surface area (Å²) in [5.74, 6) is 1.31. The van der Waals surface area contributed by atoms with Crippen LogP contribution in [0, 0.1) is 11.8 Å². The number of methoxy groups -OCH3 is 1. The topological polar surface area (TPSA) is 67.7 Å². The highest BCUT2D eigenvalue weighted by atomic mass is 16.5. The Labute approximate surface area is 183 Å². The standard InChI is InChI=1S/C24H30N4O3/c1-26-17-20(15-25-26)23(29)27-12-9-19(10-13-27)22-8-3-4-11-28(24(22)30)16-18-6-5-7-21(14-18)31-2/h3-7,14-15,17,19,22H,8-13,16H2,1-2H3/t22-/m1/s1. The van der Waals surface area contributed by atoms with Crippen LogP contribution in [0.15, 0.2) is 48.8 Å². The summed E-state index contributed by atoms with van der Waals surface area (Å²) < 4.78 is 6.97. The molecular formula is C24H30N4O3. The number of ether oxygens (including phenoxy) is 1. The van der Waals surface area contributed by atoms with Crippen molar-refractivity contribution in [3.63, 3.8) is 0 Å². The molecule has 0 bridgehead atoms. The Morgan fingerprint density at radius 1 is 1.23 bits per heavy atom. The van der Waals surface area contributed by atoms with Crippen molar-refractivity contribution in [3.8, 4) is 5.75 Å². The van der Waals surface area contributed by atoms with Crippen LogP contribution in [-0.4, -0.2) is 58.1 Å². The first kappa shape index (κ1) is 21.2. The van der Waals surface area contributed by atoms with Gasteiger partial charge in [0, 0.05) is 45.3 Å². The van der Waals surface area contributed by atoms with Crippen molar-refractivity contribution in [2.45, 2.75) is 25.8 Å². The number of likely N-dealkylation sites (tertiary alicyclic amines) is 1. The summed E-state index contributed by atoms with van der Waals surface area (Å²) in [5.41, 5.74) is 1.69. The molecule has 2 aliphatic heterocycles. The molecule has 2 amide bonds. The Kier molecular flexibility index (Phi) is 6.39. The van der Waals surface area contributed by atoms with Crippen LogP contribution < -0.4 is 4.74 Å². The fourth-order valence-corrected chi connectivity index (χ4v) is 4.62. The molecule has 2 aromatic rings. The molecule has 3 heterocycles. The lowest BCUT2D eigenvalue weighted by Crippen LogP contribution is -2.44. The second-order valence-corrected chi connectivity index (χ2v) is 8.42. The van der Waals surface area contributed by atoms with Gasteiger partial charge in [-0.1, -0.05) is 24.3 Å². The van der Waals surface area contributed by atoms with Gasteiger partial charge >= 0.3 is 0 Å². The zero-order chi connectivity index (χ0) is 21.8. The second-order valence-electron chi connectivity index (χ2n) is 8.42. The number of piperidine rings is 1. The number of carbonyl (C=O) groups excluding carboxylic acids is 2. The maximum Gasteiger partial charge on any atom is 0.257 e. The van der Waals surface area contributed by atoms with E-state index in [4.69, 9.17) is 4.74 Å². The predicted molar refractivity (Wildman–Crippen MR) is 117 cm³/mol. The zero-order valence-electron chi connectivity index (χ0n) is 18.2. The second kappa shape index (κ2) is 9.37. The SMILES string of the molecule is COc1cccc(CN2CC=CC[C@H](C3CCN(C(=O)c4cnn(C)c4)CC3)C2=O)c1. The van der Waals surface area contributed by atoms with Gasteiger partial charge in [-0.3, -0.25) is 14.3 Å². The van der Waals surface area contributed by atoms with Crippen molar-refractivity contribution in [1.29, 1.82) is 0 Å². The fraction of sp³-hybridized carbons (Fsp3) is 0.458. The number of amides is 2. The van der Waals surface area contributed by atoms with E-state index >= 15 is 0 Å². The summed E-state index contributed by atoms with van der Waals surface area (Å²) >= 11 is 0. The van der Waals surface area contributed by atoms with Crippen LogP contribution in [0.5, 0.6) is 5.75 Å². The number of rotatable bonds is 5. The number of aromatic nitrogens is 2. The van der Waals surface area contributed by atoms with Gasteiger partial charge in [0.15, 0.2) is 0 Å². The summed E-state index contributed by atoms with van der Waals surface area (Å²) in [6.07, 6.45) is 10.1. The third kappa shape index (κ3) is 4.81. The van der Waals surface area contributed by atoms with Crippen LogP contribution in [0.3, 0.4) is 0 Å². The van der Waals surface area contributed by atoms with E-state index in [-0.39, 0.29) is 17.7 Å². The summed E-state index contributed by atoms with van der Waals surface area (Å²) in [4.78, 5) is 29.9. The van der Waals surface area contributed by atoms with E-state index < -0.39 is 0 Å². The van der Waals surface area contributed by atoms with Crippen molar-refractivity contribution in [3.05, 3.63) is 59.9 Å². The molecule has 0 unspecified atom stereocenters. The largest absolute Gasteiger partial charge is 0.497 e. The smallest absolute Gasteiger partial charge is 0.257 e. The molecule has 1 aromatic heterocycles. The molecule has 2 aliphatic rings. The third-order valence-corrected chi connectivity index (χ3v) is 6.37. The van der Waals surface area contributed by atoms with Gasteiger partial charge in [0.1, 0.15) is 5.75 Å². The highest BCUT2D eigenvalue weighted by Crippen LogP contribution is 2.31. The van der Waals surface area contributed by atoms with Gasteiger partial charge in [0.25, 0.3) is 5.91 Å². The summed E-state index contributed by atoms with van der Waals surface area (Å²) in [5, 5.41) is 4.10. The Morgan fingerprint density at radius 3 is 2.74 bits per heavy atom. The minimum atomic E-state index is -0.0278. The molecule has 0 spiro atoms. The molecule has 164 valence electrons. The molecule has 0 radical (unpaired) electrons. The first-order valence-corrected chi connectivity index (χ1v) is 10.9. The van der Waals surface area contributed by atoms with Crippen molar-refractivity contribution < 1.29 is 14.3 Å². The highest BCUT2D eigenvalue weighted by Gasteiger charge is 2.35. The van der Waals surface area contributed by atoms with Gasteiger partial charge in [-0.15, -0.1) is 0 Å². The van der Waals surface area contributed by atoms with E-state index in [9.17, 15) is 9.59 Å². The molecule has 1 aromatic carbocycles. The van der Waals surface area contributed by atoms with Gasteiger partial charge in [0.05, 0.1) is 18.9 Å². The van der Waals surface area contributed by atoms with Gasteiger partial charge in [-0.25, -0.2) is 0 Å². The molecule has 1 fully saturated rings. The first-order chi connectivity index (χ1) is 15.0. The van der Waals surface area contributed by atoms with E-state index in [1.165, 1.54) is 0 Å². The number of hydrogen-bond acceptors (Lipinski definition) is 4. The maximum absolute atomic E-state index is 13.4. The molecule has 0 aliphatic carbocycles. The average Bonchev–Trinajstić information content (AvgIpc) is 3.15. The van der Waals surface area contributed by atoms with Gasteiger partial charge in [0.2, 0.25) is 5.91 Å². The lowest BCUT2D eigenvalue weighted by Gasteiger charge is -2.36. The molecule has 31 heavy (non-hydrogen) atoms. The minimum Gasteiger partial charge on any atom is -0.497 e. The Bertz CT molecular complexity index is 959. The summed E-state index contributed by atoms with van der Waals surface area (Å²) in [7, 11) is 3.46. The lowest BCUT2D eigenvalue weighted by atomic mass is 9.81. The highest BCUT2D eigenvalue weighted by molar-refractivity contribution is 5.93. The molecule has 0 saturated carbocycles. The quantitative estimate of drug-likeness (QED) is 0.695. The Morgan fingerprint density at radius 2 is 2.03 bits per heavy atom. The third-order valence-electron chi connectivity index (χ3n) is 6.37. The van der Waals surface area contributed by atoms with Crippen LogP contribution in [0.2, 0.25) is 0 Å². The van der Waals surface area contributed by atoms with E-state index in [1.54, 1.807) is 24.2 Å². The minimum absolute atomic E-state index is 0.0262. The molecular weight excluding hydrogens is 392 g/mol. The summed E-state index contributed by atoms with van der Waals surface area (Å²) in [6, 6.07) is 7.89.